The summed E-state index contributed by atoms with van der Waals surface area (Å²) < 4.78 is 48.5. The Balaban J connectivity index is 1.81. The second kappa shape index (κ2) is 24.9. The zero-order valence-corrected chi connectivity index (χ0v) is 39.4. The second-order valence-corrected chi connectivity index (χ2v) is 18.6. The van der Waals surface area contributed by atoms with Crippen molar-refractivity contribution in [1.82, 2.24) is 29.7 Å². The van der Waals surface area contributed by atoms with Gasteiger partial charge in [0.05, 0.1) is 30.5 Å². The van der Waals surface area contributed by atoms with E-state index in [1.807, 2.05) is 76.5 Å². The van der Waals surface area contributed by atoms with Gasteiger partial charge in [-0.05, 0) is 78.6 Å². The molecule has 18 heteroatoms. The van der Waals surface area contributed by atoms with Gasteiger partial charge in [-0.15, -0.1) is 0 Å². The zero-order valence-electron chi connectivity index (χ0n) is 38.6. The van der Waals surface area contributed by atoms with E-state index in [0.717, 1.165) is 17.5 Å². The molecule has 2 aromatic rings. The van der Waals surface area contributed by atoms with Gasteiger partial charge in [-0.3, -0.25) is 19.4 Å². The van der Waals surface area contributed by atoms with Crippen molar-refractivity contribution in [2.75, 3.05) is 33.6 Å². The predicted octanol–water partition coefficient (Wildman–Crippen LogP) is 5.06. The molecule has 0 aromatic carbocycles. The molecule has 0 radical (unpaired) electrons. The van der Waals surface area contributed by atoms with Crippen molar-refractivity contribution >= 4 is 33.7 Å². The molecule has 1 saturated heterocycles. The van der Waals surface area contributed by atoms with Gasteiger partial charge in [0.1, 0.15) is 30.6 Å². The number of pyridine rings is 1. The van der Waals surface area contributed by atoms with Crippen LogP contribution >= 0.6 is 0 Å². The molecule has 0 spiro atoms. The first-order chi connectivity index (χ1) is 29.2. The molecule has 0 aliphatic carbocycles. The Hall–Kier alpha value is -3.81. The maximum Gasteiger partial charge on any atom is 0.319 e. The van der Waals surface area contributed by atoms with Crippen LogP contribution in [-0.2, 0) is 49.4 Å². The number of esters is 1. The lowest BCUT2D eigenvalue weighted by atomic mass is 9.84. The molecule has 2 aromatic heterocycles. The highest BCUT2D eigenvalue weighted by Crippen LogP contribution is 2.29. The van der Waals surface area contributed by atoms with E-state index >= 15 is 0 Å². The van der Waals surface area contributed by atoms with Crippen molar-refractivity contribution in [1.29, 1.82) is 0 Å². The number of ketones is 2. The third kappa shape index (κ3) is 15.5. The highest BCUT2D eigenvalue weighted by atomic mass is 32.2. The molecule has 0 saturated carbocycles. The van der Waals surface area contributed by atoms with E-state index < -0.39 is 83.0 Å². The average molecular weight is 893 g/mol. The molecule has 1 fully saturated rings. The van der Waals surface area contributed by atoms with Crippen LogP contribution in [0.25, 0.3) is 11.3 Å². The van der Waals surface area contributed by atoms with Crippen LogP contribution in [0.15, 0.2) is 37.1 Å². The zero-order chi connectivity index (χ0) is 46.3. The number of hydrogen-bond acceptors (Lipinski definition) is 14. The number of imidazole rings is 1. The highest BCUT2D eigenvalue weighted by molar-refractivity contribution is 7.85. The van der Waals surface area contributed by atoms with E-state index in [1.54, 1.807) is 32.6 Å². The van der Waals surface area contributed by atoms with Gasteiger partial charge in [0.2, 0.25) is 0 Å². The Morgan fingerprint density at radius 3 is 2.34 bits per heavy atom. The summed E-state index contributed by atoms with van der Waals surface area (Å²) in [6.45, 7) is 14.4. The number of rotatable bonds is 26. The third-order valence-electron chi connectivity index (χ3n) is 12.0. The van der Waals surface area contributed by atoms with Crippen molar-refractivity contribution in [2.45, 2.75) is 150 Å². The first-order valence-corrected chi connectivity index (χ1v) is 23.8. The maximum atomic E-state index is 14.0. The summed E-state index contributed by atoms with van der Waals surface area (Å²) in [6.07, 6.45) is 7.55. The molecular formula is C44H72N6O11S. The quantitative estimate of drug-likeness (QED) is 0.0416. The normalized spacial score (nSPS) is 21.6. The molecule has 2 N–H and O–H groups in total. The number of aliphatic hydroxyl groups is 1. The van der Waals surface area contributed by atoms with Crippen LogP contribution in [0.1, 0.15) is 100 Å². The molecule has 3 heterocycles. The van der Waals surface area contributed by atoms with Gasteiger partial charge in [0, 0.05) is 73.5 Å². The average Bonchev–Trinajstić information content (AvgIpc) is 3.72. The number of likely N-dealkylation sites (N-methyl/N-ethyl adjacent to an activating group) is 1. The summed E-state index contributed by atoms with van der Waals surface area (Å²) >= 11 is 0. The number of aromatic nitrogens is 3. The number of Topliss-reactive ketones (excluding diaryl/α,β-unsaturated/α-hetero) is 2. The number of amides is 2. The summed E-state index contributed by atoms with van der Waals surface area (Å²) in [5, 5.41) is 13.6. The number of aliphatic hydroxyl groups excluding tert-OH is 1. The minimum Gasteiger partial charge on any atom is -0.462 e. The van der Waals surface area contributed by atoms with Crippen LogP contribution in [0.5, 0.6) is 0 Å². The summed E-state index contributed by atoms with van der Waals surface area (Å²) in [7, 11) is -0.118. The summed E-state index contributed by atoms with van der Waals surface area (Å²) in [6, 6.07) is 2.13. The summed E-state index contributed by atoms with van der Waals surface area (Å²) in [5.41, 5.74) is 1.65. The SMILES string of the molecule is CC[C@H](C[C@@H]([C@@H](C)C(=O)[C@H](C)CC)N(CCCCn1cnc(-c2cccnc2)c1)C(=O)NCOS(C)(=O)=O)OC(=O)[C@H](C)C(=O)[C@H](C)[C@H](CC)O[C@@H]1O[C@H](C)C[C@H](N(C)C)[C@H]1O. The highest BCUT2D eigenvalue weighted by Gasteiger charge is 2.42. The largest absolute Gasteiger partial charge is 0.462 e. The molecule has 3 rings (SSSR count). The Bertz CT molecular complexity index is 1830. The number of unbranched alkanes of at least 4 members (excludes halogenated alkanes) is 1. The smallest absolute Gasteiger partial charge is 0.319 e. The Kier molecular flexibility index (Phi) is 21.1. The molecule has 62 heavy (non-hydrogen) atoms. The van der Waals surface area contributed by atoms with E-state index in [-0.39, 0.29) is 36.8 Å². The minimum atomic E-state index is -3.87. The fourth-order valence-electron chi connectivity index (χ4n) is 7.80. The van der Waals surface area contributed by atoms with E-state index in [9.17, 15) is 32.7 Å². The first kappa shape index (κ1) is 52.5. The molecule has 2 amide bonds. The van der Waals surface area contributed by atoms with Crippen molar-refractivity contribution in [3.63, 3.8) is 0 Å². The van der Waals surface area contributed by atoms with E-state index in [0.29, 0.717) is 45.1 Å². The van der Waals surface area contributed by atoms with Crippen LogP contribution in [0, 0.1) is 23.7 Å². The summed E-state index contributed by atoms with van der Waals surface area (Å²) in [4.78, 5) is 67.5. The molecule has 17 nitrogen and oxygen atoms in total. The Morgan fingerprint density at radius 2 is 1.74 bits per heavy atom. The van der Waals surface area contributed by atoms with Gasteiger partial charge in [-0.25, -0.2) is 14.0 Å². The van der Waals surface area contributed by atoms with Crippen LogP contribution in [0.2, 0.25) is 0 Å². The second-order valence-electron chi connectivity index (χ2n) is 16.9. The molecule has 1 aliphatic heterocycles. The standard InChI is InChI=1S/C44H72N6O11S/c1-12-28(4)39(51)30(6)36(50(44(55)47-27-58-62(11,56)57)21-16-15-20-49-25-35(46-26-49)33-18-17-19-45-24-33)23-34(13-2)60-42(54)32(8)40(52)31(7)38(14-3)61-43-41(53)37(48(9)10)22-29(5)59-43/h17-19,24-26,28-32,34,36-38,41,43,53H,12-16,20-23,27H2,1-11H3,(H,47,55)/t28-,29-,30-,31-,32-,34-,36+,37+,38+,41-,43+/m1/s1. The van der Waals surface area contributed by atoms with Crippen LogP contribution in [0.3, 0.4) is 0 Å². The van der Waals surface area contributed by atoms with Crippen molar-refractivity contribution in [3.8, 4) is 11.3 Å². The lowest BCUT2D eigenvalue weighted by Gasteiger charge is -2.42. The molecule has 0 unspecified atom stereocenters. The fraction of sp³-hybridized carbons (Fsp3) is 0.727. The van der Waals surface area contributed by atoms with Crippen LogP contribution in [0.4, 0.5) is 4.79 Å². The monoisotopic (exact) mass is 892 g/mol. The van der Waals surface area contributed by atoms with Gasteiger partial charge in [-0.1, -0.05) is 41.5 Å². The number of ether oxygens (including phenoxy) is 3. The molecular weight excluding hydrogens is 821 g/mol. The number of aryl methyl sites for hydroxylation is 1. The van der Waals surface area contributed by atoms with Crippen molar-refractivity contribution < 1.29 is 51.1 Å². The molecule has 1 aliphatic rings. The first-order valence-electron chi connectivity index (χ1n) is 22.0. The number of nitrogens with one attached hydrogen (secondary N) is 1. The number of urea groups is 1. The fourth-order valence-corrected chi connectivity index (χ4v) is 8.08. The number of carbonyl (C=O) groups excluding carboxylic acids is 4. The molecule has 350 valence electrons. The van der Waals surface area contributed by atoms with Crippen molar-refractivity contribution in [2.24, 2.45) is 23.7 Å². The van der Waals surface area contributed by atoms with E-state index in [2.05, 4.69) is 15.3 Å². The summed E-state index contributed by atoms with van der Waals surface area (Å²) in [5.74, 6) is -4.17. The van der Waals surface area contributed by atoms with Crippen LogP contribution in [-0.4, -0.2) is 138 Å². The maximum absolute atomic E-state index is 14.0. The molecule has 11 atom stereocenters. The van der Waals surface area contributed by atoms with Gasteiger partial charge in [0.15, 0.2) is 12.1 Å². The molecule has 0 bridgehead atoms. The van der Waals surface area contributed by atoms with Gasteiger partial charge < -0.3 is 39.0 Å². The van der Waals surface area contributed by atoms with Gasteiger partial charge >= 0.3 is 12.0 Å². The minimum absolute atomic E-state index is 0.0707. The van der Waals surface area contributed by atoms with E-state index in [1.165, 1.54) is 11.8 Å². The lowest BCUT2D eigenvalue weighted by molar-refractivity contribution is -0.272. The van der Waals surface area contributed by atoms with Gasteiger partial charge in [-0.2, -0.15) is 8.42 Å². The number of hydrogen-bond donors (Lipinski definition) is 2. The number of carbonyl (C=O) groups is 4. The third-order valence-corrected chi connectivity index (χ3v) is 12.5. The predicted molar refractivity (Wildman–Crippen MR) is 234 cm³/mol. The topological polar surface area (TPSA) is 209 Å². The Morgan fingerprint density at radius 1 is 1.03 bits per heavy atom. The lowest BCUT2D eigenvalue weighted by Crippen LogP contribution is -2.55. The van der Waals surface area contributed by atoms with Gasteiger partial charge in [0.25, 0.3) is 10.1 Å². The van der Waals surface area contributed by atoms with Crippen molar-refractivity contribution in [3.05, 3.63) is 37.1 Å². The van der Waals surface area contributed by atoms with E-state index in [4.69, 9.17) is 18.4 Å². The Labute approximate surface area is 368 Å². The number of nitrogens with zero attached hydrogens (tertiary/aromatic N) is 5. The van der Waals surface area contributed by atoms with Crippen LogP contribution < -0.4 is 5.32 Å².